The van der Waals surface area contributed by atoms with Gasteiger partial charge in [0.1, 0.15) is 0 Å². The van der Waals surface area contributed by atoms with Crippen LogP contribution in [0.15, 0.2) is 30.3 Å². The second-order valence-electron chi connectivity index (χ2n) is 5.86. The molecule has 0 radical (unpaired) electrons. The first kappa shape index (κ1) is 15.5. The van der Waals surface area contributed by atoms with Crippen molar-refractivity contribution < 1.29 is 5.11 Å². The Morgan fingerprint density at radius 1 is 1.25 bits per heavy atom. The summed E-state index contributed by atoms with van der Waals surface area (Å²) >= 11 is 0. The summed E-state index contributed by atoms with van der Waals surface area (Å²) in [4.78, 5) is 4.95. The fraction of sp³-hybridized carbons (Fsp3) is 0.647. The zero-order valence-corrected chi connectivity index (χ0v) is 12.8. The third-order valence-corrected chi connectivity index (χ3v) is 4.57. The van der Waals surface area contributed by atoms with Crippen LogP contribution in [0.5, 0.6) is 0 Å². The lowest BCUT2D eigenvalue weighted by molar-refractivity contribution is 0.104. The van der Waals surface area contributed by atoms with Gasteiger partial charge in [-0.05, 0) is 51.5 Å². The molecule has 0 aromatic heterocycles. The normalized spacial score (nSPS) is 19.4. The van der Waals surface area contributed by atoms with Gasteiger partial charge in [0.25, 0.3) is 0 Å². The van der Waals surface area contributed by atoms with Crippen LogP contribution in [-0.4, -0.2) is 54.2 Å². The number of likely N-dealkylation sites (tertiary alicyclic amines) is 1. The smallest absolute Gasteiger partial charge is 0.0802 e. The molecule has 20 heavy (non-hydrogen) atoms. The van der Waals surface area contributed by atoms with Crippen LogP contribution in [0, 0.1) is 0 Å². The van der Waals surface area contributed by atoms with Crippen LogP contribution in [0.3, 0.4) is 0 Å². The van der Waals surface area contributed by atoms with Crippen molar-refractivity contribution in [2.45, 2.75) is 38.3 Å². The van der Waals surface area contributed by atoms with Crippen molar-refractivity contribution in [3.05, 3.63) is 35.9 Å². The van der Waals surface area contributed by atoms with Gasteiger partial charge in [0.05, 0.1) is 6.10 Å². The predicted octanol–water partition coefficient (Wildman–Crippen LogP) is 2.53. The molecule has 1 fully saturated rings. The fourth-order valence-corrected chi connectivity index (χ4v) is 3.03. The monoisotopic (exact) mass is 276 g/mol. The van der Waals surface area contributed by atoms with Gasteiger partial charge < -0.3 is 14.9 Å². The molecule has 1 atom stereocenters. The van der Waals surface area contributed by atoms with Crippen molar-refractivity contribution in [3.8, 4) is 0 Å². The first-order valence-electron chi connectivity index (χ1n) is 7.86. The van der Waals surface area contributed by atoms with Gasteiger partial charge >= 0.3 is 0 Å². The number of benzene rings is 1. The van der Waals surface area contributed by atoms with Crippen LogP contribution >= 0.6 is 0 Å². The van der Waals surface area contributed by atoms with E-state index in [-0.39, 0.29) is 6.10 Å². The molecule has 1 saturated heterocycles. The predicted molar refractivity (Wildman–Crippen MR) is 83.8 cm³/mol. The average molecular weight is 276 g/mol. The van der Waals surface area contributed by atoms with Gasteiger partial charge in [0, 0.05) is 12.6 Å². The summed E-state index contributed by atoms with van der Waals surface area (Å²) in [6, 6.07) is 10.7. The molecule has 1 N–H and O–H groups in total. The minimum absolute atomic E-state index is 0.339. The van der Waals surface area contributed by atoms with E-state index in [4.69, 9.17) is 0 Å². The van der Waals surface area contributed by atoms with Crippen molar-refractivity contribution in [2.24, 2.45) is 0 Å². The minimum atomic E-state index is -0.339. The van der Waals surface area contributed by atoms with Crippen LogP contribution in [0.25, 0.3) is 0 Å². The maximum Gasteiger partial charge on any atom is 0.0802 e. The summed E-state index contributed by atoms with van der Waals surface area (Å²) in [5.74, 6) is 0. The third-order valence-electron chi connectivity index (χ3n) is 4.57. The molecule has 0 spiro atoms. The quantitative estimate of drug-likeness (QED) is 0.865. The lowest BCUT2D eigenvalue weighted by Gasteiger charge is -2.36. The number of hydrogen-bond donors (Lipinski definition) is 1. The van der Waals surface area contributed by atoms with Crippen LogP contribution in [0.2, 0.25) is 0 Å². The van der Waals surface area contributed by atoms with Crippen LogP contribution < -0.4 is 0 Å². The molecule has 1 aromatic rings. The Labute approximate surface area is 123 Å². The van der Waals surface area contributed by atoms with Crippen molar-refractivity contribution in [3.63, 3.8) is 0 Å². The molecule has 1 aliphatic heterocycles. The van der Waals surface area contributed by atoms with Crippen LogP contribution in [-0.2, 0) is 0 Å². The highest BCUT2D eigenvalue weighted by Crippen LogP contribution is 2.19. The Bertz CT molecular complexity index is 374. The molecule has 0 aliphatic carbocycles. The standard InChI is InChI=1S/C17H28N2O/c1-3-19-13-9-16(10-14-19)18(2)12-11-17(20)15-7-5-4-6-8-15/h4-8,16-17,20H,3,9-14H2,1-2H3. The van der Waals surface area contributed by atoms with E-state index in [9.17, 15) is 5.11 Å². The van der Waals surface area contributed by atoms with E-state index in [0.717, 1.165) is 18.5 Å². The Morgan fingerprint density at radius 2 is 1.90 bits per heavy atom. The van der Waals surface area contributed by atoms with Gasteiger partial charge in [-0.2, -0.15) is 0 Å². The van der Waals surface area contributed by atoms with Gasteiger partial charge in [-0.15, -0.1) is 0 Å². The highest BCUT2D eigenvalue weighted by Gasteiger charge is 2.21. The molecular weight excluding hydrogens is 248 g/mol. The van der Waals surface area contributed by atoms with Gasteiger partial charge in [0.15, 0.2) is 0 Å². The molecule has 0 saturated carbocycles. The SMILES string of the molecule is CCN1CCC(N(C)CCC(O)c2ccccc2)CC1. The molecule has 1 aromatic carbocycles. The summed E-state index contributed by atoms with van der Waals surface area (Å²) in [7, 11) is 2.20. The number of rotatable bonds is 6. The molecule has 0 bridgehead atoms. The summed E-state index contributed by atoms with van der Waals surface area (Å²) in [6.45, 7) is 6.80. The highest BCUT2D eigenvalue weighted by molar-refractivity contribution is 5.17. The maximum absolute atomic E-state index is 10.2. The van der Waals surface area contributed by atoms with Crippen molar-refractivity contribution in [1.82, 2.24) is 9.80 Å². The van der Waals surface area contributed by atoms with E-state index in [1.54, 1.807) is 0 Å². The number of piperidine rings is 1. The van der Waals surface area contributed by atoms with Gasteiger partial charge in [-0.3, -0.25) is 0 Å². The lowest BCUT2D eigenvalue weighted by Crippen LogP contribution is -2.43. The van der Waals surface area contributed by atoms with Gasteiger partial charge in [-0.1, -0.05) is 37.3 Å². The molecule has 112 valence electrons. The van der Waals surface area contributed by atoms with Crippen LogP contribution in [0.4, 0.5) is 0 Å². The highest BCUT2D eigenvalue weighted by atomic mass is 16.3. The minimum Gasteiger partial charge on any atom is -0.388 e. The van der Waals surface area contributed by atoms with Crippen LogP contribution in [0.1, 0.15) is 37.9 Å². The van der Waals surface area contributed by atoms with E-state index in [2.05, 4.69) is 23.8 Å². The first-order valence-corrected chi connectivity index (χ1v) is 7.86. The third kappa shape index (κ3) is 4.30. The first-order chi connectivity index (χ1) is 9.70. The fourth-order valence-electron chi connectivity index (χ4n) is 3.03. The Hall–Kier alpha value is -0.900. The van der Waals surface area contributed by atoms with Gasteiger partial charge in [-0.25, -0.2) is 0 Å². The zero-order valence-electron chi connectivity index (χ0n) is 12.8. The van der Waals surface area contributed by atoms with Crippen molar-refractivity contribution >= 4 is 0 Å². The van der Waals surface area contributed by atoms with Gasteiger partial charge in [0.2, 0.25) is 0 Å². The molecule has 3 nitrogen and oxygen atoms in total. The molecule has 3 heteroatoms. The van der Waals surface area contributed by atoms with Crippen molar-refractivity contribution in [1.29, 1.82) is 0 Å². The molecule has 1 heterocycles. The van der Waals surface area contributed by atoms with E-state index in [1.807, 2.05) is 30.3 Å². The Balaban J connectivity index is 1.74. The molecular formula is C17H28N2O. The summed E-state index contributed by atoms with van der Waals surface area (Å²) in [5.41, 5.74) is 1.03. The summed E-state index contributed by atoms with van der Waals surface area (Å²) in [5, 5.41) is 10.2. The van der Waals surface area contributed by atoms with E-state index in [0.29, 0.717) is 6.04 Å². The molecule has 1 unspecified atom stereocenters. The average Bonchev–Trinajstić information content (AvgIpc) is 2.53. The van der Waals surface area contributed by atoms with E-state index in [1.165, 1.54) is 32.5 Å². The number of aliphatic hydroxyl groups excluding tert-OH is 1. The van der Waals surface area contributed by atoms with E-state index >= 15 is 0 Å². The topological polar surface area (TPSA) is 26.7 Å². The number of aliphatic hydroxyl groups is 1. The second kappa shape index (κ2) is 7.77. The maximum atomic E-state index is 10.2. The summed E-state index contributed by atoms with van der Waals surface area (Å²) < 4.78 is 0. The largest absolute Gasteiger partial charge is 0.388 e. The molecule has 1 aliphatic rings. The molecule has 0 amide bonds. The number of nitrogens with zero attached hydrogens (tertiary/aromatic N) is 2. The van der Waals surface area contributed by atoms with Crippen molar-refractivity contribution in [2.75, 3.05) is 33.2 Å². The Morgan fingerprint density at radius 3 is 2.50 bits per heavy atom. The van der Waals surface area contributed by atoms with E-state index < -0.39 is 0 Å². The Kier molecular flexibility index (Phi) is 6.02. The second-order valence-corrected chi connectivity index (χ2v) is 5.86. The number of hydrogen-bond acceptors (Lipinski definition) is 3. The summed E-state index contributed by atoms with van der Waals surface area (Å²) in [6.07, 6.45) is 2.99. The zero-order chi connectivity index (χ0) is 14.4. The molecule has 2 rings (SSSR count). The lowest BCUT2D eigenvalue weighted by atomic mass is 10.0.